The molecule has 0 saturated carbocycles. The monoisotopic (exact) mass is 189 g/mol. The predicted octanol–water partition coefficient (Wildman–Crippen LogP) is 0.741. The molecule has 2 rings (SSSR count). The van der Waals surface area contributed by atoms with Gasteiger partial charge < -0.3 is 5.11 Å². The van der Waals surface area contributed by atoms with E-state index >= 15 is 0 Å². The molecule has 0 saturated heterocycles. The lowest BCUT2D eigenvalue weighted by molar-refractivity contribution is 0.103. The van der Waals surface area contributed by atoms with Crippen molar-refractivity contribution in [2.75, 3.05) is 0 Å². The summed E-state index contributed by atoms with van der Waals surface area (Å²) >= 11 is 0. The predicted molar refractivity (Wildman–Crippen MR) is 47.9 cm³/mol. The molecule has 0 spiro atoms. The maximum atomic E-state index is 11.6. The number of rotatable bonds is 2. The van der Waals surface area contributed by atoms with Crippen LogP contribution in [-0.2, 0) is 0 Å². The number of nitrogens with one attached hydrogen (secondary N) is 1. The van der Waals surface area contributed by atoms with Crippen molar-refractivity contribution < 1.29 is 9.90 Å². The SMILES string of the molecule is O=C(c1cccnc1)c1cc(O)[nH]n1. The number of hydrogen-bond acceptors (Lipinski definition) is 4. The standard InChI is InChI=1S/C9H7N3O2/c13-8-4-7(11-12-8)9(14)6-2-1-3-10-5-6/h1-5H,(H2,11,12,13). The summed E-state index contributed by atoms with van der Waals surface area (Å²) in [5.74, 6) is -0.396. The van der Waals surface area contributed by atoms with Crippen LogP contribution < -0.4 is 0 Å². The molecule has 0 aliphatic carbocycles. The van der Waals surface area contributed by atoms with Crippen molar-refractivity contribution in [1.82, 2.24) is 15.2 Å². The lowest BCUT2D eigenvalue weighted by atomic mass is 10.1. The van der Waals surface area contributed by atoms with Gasteiger partial charge in [0.05, 0.1) is 0 Å². The molecule has 0 amide bonds. The van der Waals surface area contributed by atoms with Crippen molar-refractivity contribution in [3.63, 3.8) is 0 Å². The van der Waals surface area contributed by atoms with Gasteiger partial charge in [-0.05, 0) is 12.1 Å². The Morgan fingerprint density at radius 2 is 2.36 bits per heavy atom. The van der Waals surface area contributed by atoms with Gasteiger partial charge in [-0.1, -0.05) is 0 Å². The second-order valence-electron chi connectivity index (χ2n) is 2.71. The van der Waals surface area contributed by atoms with Crippen LogP contribution in [0.5, 0.6) is 5.88 Å². The number of H-pyrrole nitrogens is 1. The number of aromatic nitrogens is 3. The molecule has 5 heteroatoms. The second kappa shape index (κ2) is 3.29. The number of ketones is 1. The highest BCUT2D eigenvalue weighted by atomic mass is 16.3. The first-order valence-corrected chi connectivity index (χ1v) is 3.96. The molecule has 2 aromatic heterocycles. The Kier molecular flexibility index (Phi) is 1.98. The molecule has 2 N–H and O–H groups in total. The third-order valence-electron chi connectivity index (χ3n) is 1.72. The van der Waals surface area contributed by atoms with Crippen LogP contribution in [-0.4, -0.2) is 26.1 Å². The fourth-order valence-corrected chi connectivity index (χ4v) is 1.07. The maximum Gasteiger partial charge on any atom is 0.214 e. The van der Waals surface area contributed by atoms with Crippen LogP contribution in [0.3, 0.4) is 0 Å². The van der Waals surface area contributed by atoms with Gasteiger partial charge in [-0.2, -0.15) is 5.10 Å². The molecule has 0 radical (unpaired) electrons. The molecule has 0 aliphatic heterocycles. The van der Waals surface area contributed by atoms with Gasteiger partial charge >= 0.3 is 0 Å². The minimum Gasteiger partial charge on any atom is -0.494 e. The topological polar surface area (TPSA) is 78.9 Å². The normalized spacial score (nSPS) is 10.0. The van der Waals surface area contributed by atoms with Crippen LogP contribution in [0.1, 0.15) is 16.1 Å². The molecule has 14 heavy (non-hydrogen) atoms. The first-order valence-electron chi connectivity index (χ1n) is 3.96. The van der Waals surface area contributed by atoms with E-state index in [4.69, 9.17) is 5.11 Å². The minimum absolute atomic E-state index is 0.128. The summed E-state index contributed by atoms with van der Waals surface area (Å²) in [6, 6.07) is 4.58. The summed E-state index contributed by atoms with van der Waals surface area (Å²) in [7, 11) is 0. The zero-order valence-electron chi connectivity index (χ0n) is 7.14. The highest BCUT2D eigenvalue weighted by molar-refractivity contribution is 6.07. The van der Waals surface area contributed by atoms with Gasteiger partial charge in [0, 0.05) is 24.0 Å². The summed E-state index contributed by atoms with van der Waals surface area (Å²) in [6.45, 7) is 0. The van der Waals surface area contributed by atoms with Crippen molar-refractivity contribution in [2.45, 2.75) is 0 Å². The molecule has 0 aromatic carbocycles. The molecule has 0 bridgehead atoms. The fraction of sp³-hybridized carbons (Fsp3) is 0. The number of hydrogen-bond donors (Lipinski definition) is 2. The number of pyridine rings is 1. The van der Waals surface area contributed by atoms with Crippen molar-refractivity contribution in [3.05, 3.63) is 41.9 Å². The molecule has 0 atom stereocenters. The summed E-state index contributed by atoms with van der Waals surface area (Å²) in [4.78, 5) is 15.4. The van der Waals surface area contributed by atoms with E-state index in [9.17, 15) is 4.79 Å². The smallest absolute Gasteiger partial charge is 0.214 e. The quantitative estimate of drug-likeness (QED) is 0.683. The molecule has 0 fully saturated rings. The van der Waals surface area contributed by atoms with Crippen LogP contribution in [0.4, 0.5) is 0 Å². The van der Waals surface area contributed by atoms with Gasteiger partial charge in [0.25, 0.3) is 0 Å². The Morgan fingerprint density at radius 1 is 1.50 bits per heavy atom. The molecule has 2 heterocycles. The summed E-state index contributed by atoms with van der Waals surface area (Å²) in [6.07, 6.45) is 3.03. The maximum absolute atomic E-state index is 11.6. The summed E-state index contributed by atoms with van der Waals surface area (Å²) in [5, 5.41) is 14.9. The van der Waals surface area contributed by atoms with Crippen LogP contribution in [0.2, 0.25) is 0 Å². The van der Waals surface area contributed by atoms with E-state index in [1.165, 1.54) is 12.3 Å². The largest absolute Gasteiger partial charge is 0.494 e. The van der Waals surface area contributed by atoms with Gasteiger partial charge in [-0.25, -0.2) is 5.10 Å². The van der Waals surface area contributed by atoms with Crippen molar-refractivity contribution in [2.24, 2.45) is 0 Å². The second-order valence-corrected chi connectivity index (χ2v) is 2.71. The number of aromatic hydroxyl groups is 1. The first-order chi connectivity index (χ1) is 6.77. The third-order valence-corrected chi connectivity index (χ3v) is 1.72. The van der Waals surface area contributed by atoms with E-state index in [1.807, 2.05) is 0 Å². The molecule has 0 aliphatic rings. The highest BCUT2D eigenvalue weighted by Crippen LogP contribution is 2.10. The summed E-state index contributed by atoms with van der Waals surface area (Å²) in [5.41, 5.74) is 0.620. The molecular weight excluding hydrogens is 182 g/mol. The molecule has 2 aromatic rings. The zero-order chi connectivity index (χ0) is 9.97. The Hall–Kier alpha value is -2.17. The lowest BCUT2D eigenvalue weighted by Gasteiger charge is -1.93. The average molecular weight is 189 g/mol. The van der Waals surface area contributed by atoms with Gasteiger partial charge in [0.1, 0.15) is 5.69 Å². The Morgan fingerprint density at radius 3 is 2.93 bits per heavy atom. The third kappa shape index (κ3) is 1.47. The Labute approximate surface area is 79.4 Å². The molecule has 70 valence electrons. The number of nitrogens with zero attached hydrogens (tertiary/aromatic N) is 2. The van der Waals surface area contributed by atoms with Gasteiger partial charge in [-0.15, -0.1) is 0 Å². The van der Waals surface area contributed by atoms with E-state index in [2.05, 4.69) is 15.2 Å². The Balaban J connectivity index is 2.34. The molecule has 5 nitrogen and oxygen atoms in total. The van der Waals surface area contributed by atoms with Crippen molar-refractivity contribution >= 4 is 5.78 Å². The highest BCUT2D eigenvalue weighted by Gasteiger charge is 2.12. The van der Waals surface area contributed by atoms with E-state index in [0.717, 1.165) is 0 Å². The van der Waals surface area contributed by atoms with Crippen LogP contribution in [0.15, 0.2) is 30.6 Å². The number of carbonyl (C=O) groups excluding carboxylic acids is 1. The van der Waals surface area contributed by atoms with Crippen molar-refractivity contribution in [1.29, 1.82) is 0 Å². The van der Waals surface area contributed by atoms with E-state index < -0.39 is 0 Å². The van der Waals surface area contributed by atoms with Gasteiger partial charge in [-0.3, -0.25) is 9.78 Å². The molecule has 0 unspecified atom stereocenters. The van der Waals surface area contributed by atoms with Crippen LogP contribution >= 0.6 is 0 Å². The fourth-order valence-electron chi connectivity index (χ4n) is 1.07. The van der Waals surface area contributed by atoms with Gasteiger partial charge in [0.2, 0.25) is 11.7 Å². The first kappa shape index (κ1) is 8.43. The van der Waals surface area contributed by atoms with E-state index in [1.54, 1.807) is 18.3 Å². The number of carbonyl (C=O) groups is 1. The van der Waals surface area contributed by atoms with Gasteiger partial charge in [0.15, 0.2) is 0 Å². The summed E-state index contributed by atoms with van der Waals surface area (Å²) < 4.78 is 0. The lowest BCUT2D eigenvalue weighted by Crippen LogP contribution is -2.01. The van der Waals surface area contributed by atoms with Crippen molar-refractivity contribution in [3.8, 4) is 5.88 Å². The van der Waals surface area contributed by atoms with E-state index in [-0.39, 0.29) is 17.4 Å². The van der Waals surface area contributed by atoms with Crippen LogP contribution in [0.25, 0.3) is 0 Å². The number of aromatic amines is 1. The van der Waals surface area contributed by atoms with Crippen LogP contribution in [0, 0.1) is 0 Å². The van der Waals surface area contributed by atoms with E-state index in [0.29, 0.717) is 5.56 Å². The zero-order valence-corrected chi connectivity index (χ0v) is 7.14. The average Bonchev–Trinajstić information content (AvgIpc) is 2.65. The molecular formula is C9H7N3O2. The Bertz CT molecular complexity index is 450. The minimum atomic E-state index is -0.269.